The van der Waals surface area contributed by atoms with Crippen molar-refractivity contribution in [3.63, 3.8) is 0 Å². The molecule has 0 bridgehead atoms. The molecule has 3 nitrogen and oxygen atoms in total. The van der Waals surface area contributed by atoms with Crippen LogP contribution in [0, 0.1) is 0 Å². The van der Waals surface area contributed by atoms with Crippen LogP contribution in [0.1, 0.15) is 17.2 Å². The van der Waals surface area contributed by atoms with Gasteiger partial charge in [-0.2, -0.15) is 0 Å². The maximum atomic E-state index is 10.5. The van der Waals surface area contributed by atoms with Crippen LogP contribution in [0.3, 0.4) is 0 Å². The summed E-state index contributed by atoms with van der Waals surface area (Å²) in [6.07, 6.45) is -0.952. The van der Waals surface area contributed by atoms with Gasteiger partial charge in [0.2, 0.25) is 0 Å². The number of aliphatic hydroxyl groups is 1. The Morgan fingerprint density at radius 1 is 1.16 bits per heavy atom. The van der Waals surface area contributed by atoms with Crippen LogP contribution < -0.4 is 10.5 Å². The molecule has 0 fully saturated rings. The molecule has 0 heterocycles. The van der Waals surface area contributed by atoms with E-state index in [9.17, 15) is 5.11 Å². The molecule has 0 aliphatic carbocycles. The van der Waals surface area contributed by atoms with Crippen molar-refractivity contribution < 1.29 is 9.84 Å². The van der Waals surface area contributed by atoms with Gasteiger partial charge in [-0.15, -0.1) is 0 Å². The Hall–Kier alpha value is -1.42. The van der Waals surface area contributed by atoms with Gasteiger partial charge < -0.3 is 15.6 Å². The number of halogens is 2. The molecule has 0 saturated carbocycles. The predicted molar refractivity (Wildman–Crippen MR) is 77.9 cm³/mol. The maximum Gasteiger partial charge on any atom is 0.143 e. The summed E-state index contributed by atoms with van der Waals surface area (Å²) in [5, 5.41) is 11.4. The predicted octanol–water partition coefficient (Wildman–Crippen LogP) is 3.67. The summed E-state index contributed by atoms with van der Waals surface area (Å²) < 4.78 is 5.22. The average Bonchev–Trinajstić information content (AvgIpc) is 2.40. The monoisotopic (exact) mass is 297 g/mol. The van der Waals surface area contributed by atoms with Gasteiger partial charge >= 0.3 is 0 Å². The first kappa shape index (κ1) is 14.0. The average molecular weight is 298 g/mol. The lowest BCUT2D eigenvalue weighted by Crippen LogP contribution is -2.06. The summed E-state index contributed by atoms with van der Waals surface area (Å²) in [5.41, 5.74) is 7.39. The fourth-order valence-corrected chi connectivity index (χ4v) is 2.35. The van der Waals surface area contributed by atoms with Crippen LogP contribution in [0.25, 0.3) is 0 Å². The standard InChI is InChI=1S/C14H13Cl2NO2/c1-19-14-9(3-2-4-11(14)16)13(18)10-7-8(15)5-6-12(10)17/h2-7,13,18H,17H2,1H3/t13-/m1/s1. The third kappa shape index (κ3) is 2.78. The summed E-state index contributed by atoms with van der Waals surface area (Å²) in [6.45, 7) is 0. The molecule has 1 atom stereocenters. The van der Waals surface area contributed by atoms with E-state index in [4.69, 9.17) is 33.7 Å². The molecule has 0 amide bonds. The molecule has 0 radical (unpaired) electrons. The van der Waals surface area contributed by atoms with E-state index < -0.39 is 6.10 Å². The van der Waals surface area contributed by atoms with E-state index >= 15 is 0 Å². The van der Waals surface area contributed by atoms with E-state index in [1.165, 1.54) is 7.11 Å². The fraction of sp³-hybridized carbons (Fsp3) is 0.143. The molecule has 0 saturated heterocycles. The van der Waals surface area contributed by atoms with Gasteiger partial charge in [-0.3, -0.25) is 0 Å². The summed E-state index contributed by atoms with van der Waals surface area (Å²) in [5.74, 6) is 0.427. The molecule has 0 aliphatic rings. The van der Waals surface area contributed by atoms with E-state index in [0.717, 1.165) is 0 Å². The van der Waals surface area contributed by atoms with Crippen LogP contribution in [0.5, 0.6) is 5.75 Å². The first-order valence-corrected chi connectivity index (χ1v) is 6.35. The van der Waals surface area contributed by atoms with E-state index in [0.29, 0.717) is 32.6 Å². The molecule has 0 aromatic heterocycles. The van der Waals surface area contributed by atoms with Crippen molar-refractivity contribution in [2.24, 2.45) is 0 Å². The molecule has 0 spiro atoms. The third-order valence-corrected chi connectivity index (χ3v) is 3.37. The number of para-hydroxylation sites is 1. The lowest BCUT2D eigenvalue weighted by Gasteiger charge is -2.17. The maximum absolute atomic E-state index is 10.5. The van der Waals surface area contributed by atoms with Gasteiger partial charge in [0.15, 0.2) is 0 Å². The number of nitrogens with two attached hydrogens (primary N) is 1. The second kappa shape index (κ2) is 5.70. The smallest absolute Gasteiger partial charge is 0.143 e. The van der Waals surface area contributed by atoms with Crippen LogP contribution in [-0.2, 0) is 0 Å². The number of rotatable bonds is 3. The Kier molecular flexibility index (Phi) is 4.20. The zero-order valence-electron chi connectivity index (χ0n) is 10.2. The van der Waals surface area contributed by atoms with Crippen molar-refractivity contribution >= 4 is 28.9 Å². The molecule has 3 N–H and O–H groups in total. The van der Waals surface area contributed by atoms with Crippen LogP contribution in [0.15, 0.2) is 36.4 Å². The highest BCUT2D eigenvalue weighted by Crippen LogP contribution is 2.37. The Morgan fingerprint density at radius 3 is 2.58 bits per heavy atom. The number of benzene rings is 2. The van der Waals surface area contributed by atoms with Gasteiger partial charge in [-0.05, 0) is 24.3 Å². The van der Waals surface area contributed by atoms with Crippen molar-refractivity contribution in [1.82, 2.24) is 0 Å². The van der Waals surface area contributed by atoms with E-state index in [-0.39, 0.29) is 0 Å². The molecule has 5 heteroatoms. The Bertz CT molecular complexity index is 602. The number of hydrogen-bond donors (Lipinski definition) is 2. The van der Waals surface area contributed by atoms with Gasteiger partial charge in [-0.25, -0.2) is 0 Å². The third-order valence-electron chi connectivity index (χ3n) is 2.84. The number of methoxy groups -OCH3 is 1. The second-order valence-electron chi connectivity index (χ2n) is 4.04. The second-order valence-corrected chi connectivity index (χ2v) is 4.88. The van der Waals surface area contributed by atoms with Crippen molar-refractivity contribution in [3.05, 3.63) is 57.6 Å². The summed E-state index contributed by atoms with van der Waals surface area (Å²) >= 11 is 12.0. The number of ether oxygens (including phenoxy) is 1. The minimum absolute atomic E-state index is 0.427. The number of nitrogen functional groups attached to an aromatic ring is 1. The Labute approximate surface area is 121 Å². The zero-order valence-corrected chi connectivity index (χ0v) is 11.7. The minimum Gasteiger partial charge on any atom is -0.495 e. The summed E-state index contributed by atoms with van der Waals surface area (Å²) in [4.78, 5) is 0. The molecule has 2 aromatic carbocycles. The van der Waals surface area contributed by atoms with Gasteiger partial charge in [0.05, 0.1) is 12.1 Å². The van der Waals surface area contributed by atoms with Crippen LogP contribution in [0.2, 0.25) is 10.0 Å². The van der Waals surface area contributed by atoms with E-state index in [1.54, 1.807) is 36.4 Å². The molecule has 100 valence electrons. The van der Waals surface area contributed by atoms with Crippen LogP contribution in [-0.4, -0.2) is 12.2 Å². The Morgan fingerprint density at radius 2 is 1.89 bits per heavy atom. The molecule has 2 rings (SSSR count). The van der Waals surface area contributed by atoms with Crippen molar-refractivity contribution in [2.75, 3.05) is 12.8 Å². The Balaban J connectivity index is 2.52. The van der Waals surface area contributed by atoms with Gasteiger partial charge in [0.25, 0.3) is 0 Å². The minimum atomic E-state index is -0.952. The van der Waals surface area contributed by atoms with Crippen molar-refractivity contribution in [1.29, 1.82) is 0 Å². The summed E-state index contributed by atoms with van der Waals surface area (Å²) in [6, 6.07) is 10.1. The van der Waals surface area contributed by atoms with Crippen LogP contribution >= 0.6 is 23.2 Å². The van der Waals surface area contributed by atoms with Gasteiger partial charge in [0, 0.05) is 21.8 Å². The molecular weight excluding hydrogens is 285 g/mol. The summed E-state index contributed by atoms with van der Waals surface area (Å²) in [7, 11) is 1.50. The normalized spacial score (nSPS) is 12.2. The molecule has 19 heavy (non-hydrogen) atoms. The lowest BCUT2D eigenvalue weighted by atomic mass is 9.99. The largest absolute Gasteiger partial charge is 0.495 e. The first-order valence-electron chi connectivity index (χ1n) is 5.60. The van der Waals surface area contributed by atoms with Crippen molar-refractivity contribution in [2.45, 2.75) is 6.10 Å². The highest BCUT2D eigenvalue weighted by molar-refractivity contribution is 6.32. The quantitative estimate of drug-likeness (QED) is 0.850. The lowest BCUT2D eigenvalue weighted by molar-refractivity contribution is 0.215. The van der Waals surface area contributed by atoms with Gasteiger partial charge in [0.1, 0.15) is 11.9 Å². The topological polar surface area (TPSA) is 55.5 Å². The molecular formula is C14H13Cl2NO2. The molecule has 0 aliphatic heterocycles. The molecule has 2 aromatic rings. The first-order chi connectivity index (χ1) is 9.04. The van der Waals surface area contributed by atoms with E-state index in [2.05, 4.69) is 0 Å². The molecule has 0 unspecified atom stereocenters. The van der Waals surface area contributed by atoms with Gasteiger partial charge in [-0.1, -0.05) is 35.3 Å². The SMILES string of the molecule is COc1c(Cl)cccc1[C@@H](O)c1cc(Cl)ccc1N. The fourth-order valence-electron chi connectivity index (χ4n) is 1.91. The zero-order chi connectivity index (χ0) is 14.0. The van der Waals surface area contributed by atoms with Crippen molar-refractivity contribution in [3.8, 4) is 5.75 Å². The van der Waals surface area contributed by atoms with E-state index in [1.807, 2.05) is 0 Å². The number of aliphatic hydroxyl groups excluding tert-OH is 1. The highest BCUT2D eigenvalue weighted by atomic mass is 35.5. The number of anilines is 1. The highest BCUT2D eigenvalue weighted by Gasteiger charge is 2.19. The number of hydrogen-bond acceptors (Lipinski definition) is 3. The van der Waals surface area contributed by atoms with Crippen LogP contribution in [0.4, 0.5) is 5.69 Å².